The third-order valence-corrected chi connectivity index (χ3v) is 4.07. The van der Waals surface area contributed by atoms with Crippen molar-refractivity contribution in [1.29, 1.82) is 0 Å². The number of carbonyl (C=O) groups excluding carboxylic acids is 1. The van der Waals surface area contributed by atoms with Gasteiger partial charge in [-0.05, 0) is 29.8 Å². The van der Waals surface area contributed by atoms with Gasteiger partial charge in [0.15, 0.2) is 11.5 Å². The van der Waals surface area contributed by atoms with Gasteiger partial charge >= 0.3 is 0 Å². The predicted octanol–water partition coefficient (Wildman–Crippen LogP) is 2.34. The second-order valence-corrected chi connectivity index (χ2v) is 5.41. The van der Waals surface area contributed by atoms with Gasteiger partial charge in [-0.15, -0.1) is 0 Å². The molecule has 0 spiro atoms. The first-order chi connectivity index (χ1) is 10.7. The molecule has 1 unspecified atom stereocenters. The Morgan fingerprint density at radius 3 is 2.73 bits per heavy atom. The van der Waals surface area contributed by atoms with Gasteiger partial charge in [-0.25, -0.2) is 0 Å². The Hall–Kier alpha value is -2.69. The molecule has 0 aliphatic carbocycles. The quantitative estimate of drug-likeness (QED) is 0.877. The average molecular weight is 296 g/mol. The minimum atomic E-state index is -0.224. The molecule has 2 aromatic carbocycles. The van der Waals surface area contributed by atoms with Gasteiger partial charge in [0.1, 0.15) is 19.4 Å². The van der Waals surface area contributed by atoms with E-state index in [1.54, 1.807) is 0 Å². The van der Waals surface area contributed by atoms with Gasteiger partial charge in [-0.2, -0.15) is 0 Å². The first-order valence-electron chi connectivity index (χ1n) is 7.26. The summed E-state index contributed by atoms with van der Waals surface area (Å²) >= 11 is 0. The van der Waals surface area contributed by atoms with Gasteiger partial charge in [-0.3, -0.25) is 4.79 Å². The topological polar surface area (TPSA) is 50.8 Å². The van der Waals surface area contributed by atoms with Crippen LogP contribution in [-0.2, 0) is 0 Å². The molecule has 5 heteroatoms. The summed E-state index contributed by atoms with van der Waals surface area (Å²) in [5.41, 5.74) is 2.58. The fourth-order valence-electron chi connectivity index (χ4n) is 2.95. The second kappa shape index (κ2) is 4.94. The molecule has 0 bridgehead atoms. The Labute approximate surface area is 128 Å². The van der Waals surface area contributed by atoms with Crippen LogP contribution in [0.1, 0.15) is 22.1 Å². The highest BCUT2D eigenvalue weighted by molar-refractivity contribution is 6.02. The maximum atomic E-state index is 12.3. The predicted molar refractivity (Wildman–Crippen MR) is 82.5 cm³/mol. The Balaban J connectivity index is 1.73. The molecule has 0 radical (unpaired) electrons. The van der Waals surface area contributed by atoms with Gasteiger partial charge in [-0.1, -0.05) is 18.2 Å². The fourth-order valence-corrected chi connectivity index (χ4v) is 2.95. The molecule has 1 N–H and O–H groups in total. The van der Waals surface area contributed by atoms with E-state index in [0.717, 1.165) is 22.7 Å². The zero-order chi connectivity index (χ0) is 15.1. The standard InChI is InChI=1S/C17H16N2O3/c1-19-13-5-3-2-4-12(13)17(20)18-16(19)11-6-7-14-15(10-11)22-9-8-21-14/h2-7,10,16H,8-9H2,1H3,(H,18,20). The monoisotopic (exact) mass is 296 g/mol. The number of ether oxygens (including phenoxy) is 2. The summed E-state index contributed by atoms with van der Waals surface area (Å²) in [6.45, 7) is 1.12. The SMILES string of the molecule is CN1c2ccccc2C(=O)NC1c1ccc2c(c1)OCCO2. The zero-order valence-corrected chi connectivity index (χ0v) is 12.2. The van der Waals surface area contributed by atoms with E-state index < -0.39 is 0 Å². The van der Waals surface area contributed by atoms with Gasteiger partial charge in [0, 0.05) is 7.05 Å². The lowest BCUT2D eigenvalue weighted by Gasteiger charge is -2.36. The summed E-state index contributed by atoms with van der Waals surface area (Å²) in [5.74, 6) is 1.42. The van der Waals surface area contributed by atoms with Gasteiger partial charge in [0.2, 0.25) is 0 Å². The molecule has 0 fully saturated rings. The van der Waals surface area contributed by atoms with Crippen molar-refractivity contribution in [3.8, 4) is 11.5 Å². The van der Waals surface area contributed by atoms with Crippen LogP contribution in [0.25, 0.3) is 0 Å². The number of benzene rings is 2. The summed E-state index contributed by atoms with van der Waals surface area (Å²) in [6, 6.07) is 13.4. The Bertz CT molecular complexity index is 744. The highest BCUT2D eigenvalue weighted by Crippen LogP contribution is 2.36. The summed E-state index contributed by atoms with van der Waals surface area (Å²) in [5, 5.41) is 3.04. The zero-order valence-electron chi connectivity index (χ0n) is 12.2. The summed E-state index contributed by atoms with van der Waals surface area (Å²) in [4.78, 5) is 14.4. The Kier molecular flexibility index (Phi) is 2.92. The van der Waals surface area contributed by atoms with Crippen molar-refractivity contribution in [3.05, 3.63) is 53.6 Å². The third kappa shape index (κ3) is 1.97. The normalized spacial score (nSPS) is 19.4. The summed E-state index contributed by atoms with van der Waals surface area (Å²) in [7, 11) is 1.97. The average Bonchev–Trinajstić information content (AvgIpc) is 2.58. The van der Waals surface area contributed by atoms with E-state index in [2.05, 4.69) is 10.2 Å². The van der Waals surface area contributed by atoms with Crippen molar-refractivity contribution in [2.45, 2.75) is 6.17 Å². The first-order valence-corrected chi connectivity index (χ1v) is 7.26. The molecule has 2 aromatic rings. The Morgan fingerprint density at radius 1 is 1.09 bits per heavy atom. The lowest BCUT2D eigenvalue weighted by Crippen LogP contribution is -2.44. The smallest absolute Gasteiger partial charge is 0.255 e. The molecule has 2 heterocycles. The van der Waals surface area contributed by atoms with Crippen LogP contribution >= 0.6 is 0 Å². The number of hydrogen-bond acceptors (Lipinski definition) is 4. The van der Waals surface area contributed by atoms with Crippen LogP contribution in [0.15, 0.2) is 42.5 Å². The van der Waals surface area contributed by atoms with E-state index in [4.69, 9.17) is 9.47 Å². The molecule has 22 heavy (non-hydrogen) atoms. The highest BCUT2D eigenvalue weighted by Gasteiger charge is 2.29. The van der Waals surface area contributed by atoms with E-state index in [-0.39, 0.29) is 12.1 Å². The molecule has 0 saturated heterocycles. The van der Waals surface area contributed by atoms with Gasteiger partial charge in [0.05, 0.1) is 11.3 Å². The van der Waals surface area contributed by atoms with E-state index in [0.29, 0.717) is 18.8 Å². The number of hydrogen-bond donors (Lipinski definition) is 1. The second-order valence-electron chi connectivity index (χ2n) is 5.41. The van der Waals surface area contributed by atoms with Crippen LogP contribution in [-0.4, -0.2) is 26.2 Å². The molecule has 0 aromatic heterocycles. The van der Waals surface area contributed by atoms with Crippen LogP contribution in [0.2, 0.25) is 0 Å². The number of fused-ring (bicyclic) bond motifs is 2. The molecule has 5 nitrogen and oxygen atoms in total. The van der Waals surface area contributed by atoms with E-state index in [1.807, 2.05) is 49.5 Å². The van der Waals surface area contributed by atoms with Crippen LogP contribution in [0, 0.1) is 0 Å². The van der Waals surface area contributed by atoms with Crippen LogP contribution in [0.5, 0.6) is 11.5 Å². The molecule has 1 atom stereocenters. The minimum absolute atomic E-state index is 0.0615. The molecule has 1 amide bonds. The summed E-state index contributed by atoms with van der Waals surface area (Å²) < 4.78 is 11.2. The third-order valence-electron chi connectivity index (χ3n) is 4.07. The maximum Gasteiger partial charge on any atom is 0.255 e. The first kappa shape index (κ1) is 13.0. The molecular weight excluding hydrogens is 280 g/mol. The largest absolute Gasteiger partial charge is 0.486 e. The van der Waals surface area contributed by atoms with Gasteiger partial charge < -0.3 is 19.7 Å². The molecule has 112 valence electrons. The molecule has 4 rings (SSSR count). The van der Waals surface area contributed by atoms with Gasteiger partial charge in [0.25, 0.3) is 5.91 Å². The number of nitrogens with zero attached hydrogens (tertiary/aromatic N) is 1. The number of anilines is 1. The number of amides is 1. The van der Waals surface area contributed by atoms with Crippen LogP contribution < -0.4 is 19.7 Å². The van der Waals surface area contributed by atoms with E-state index in [1.165, 1.54) is 0 Å². The van der Waals surface area contributed by atoms with Crippen molar-refractivity contribution in [3.63, 3.8) is 0 Å². The fraction of sp³-hybridized carbons (Fsp3) is 0.235. The molecular formula is C17H16N2O3. The lowest BCUT2D eigenvalue weighted by atomic mass is 10.0. The van der Waals surface area contributed by atoms with Crippen molar-refractivity contribution in [2.75, 3.05) is 25.2 Å². The lowest BCUT2D eigenvalue weighted by molar-refractivity contribution is 0.0928. The van der Waals surface area contributed by atoms with Crippen molar-refractivity contribution >= 4 is 11.6 Å². The molecule has 2 aliphatic rings. The molecule has 0 saturated carbocycles. The van der Waals surface area contributed by atoms with Crippen LogP contribution in [0.3, 0.4) is 0 Å². The highest BCUT2D eigenvalue weighted by atomic mass is 16.6. The van der Waals surface area contributed by atoms with E-state index >= 15 is 0 Å². The maximum absolute atomic E-state index is 12.3. The van der Waals surface area contributed by atoms with E-state index in [9.17, 15) is 4.79 Å². The van der Waals surface area contributed by atoms with Crippen molar-refractivity contribution < 1.29 is 14.3 Å². The number of rotatable bonds is 1. The number of carbonyl (C=O) groups is 1. The minimum Gasteiger partial charge on any atom is -0.486 e. The van der Waals surface area contributed by atoms with Crippen molar-refractivity contribution in [1.82, 2.24) is 5.32 Å². The number of para-hydroxylation sites is 1. The number of nitrogens with one attached hydrogen (secondary N) is 1. The summed E-state index contributed by atoms with van der Waals surface area (Å²) in [6.07, 6.45) is -0.224. The Morgan fingerprint density at radius 2 is 1.86 bits per heavy atom. The van der Waals surface area contributed by atoms with Crippen molar-refractivity contribution in [2.24, 2.45) is 0 Å². The van der Waals surface area contributed by atoms with Crippen LogP contribution in [0.4, 0.5) is 5.69 Å². The molecule has 2 aliphatic heterocycles.